The highest BCUT2D eigenvalue weighted by Gasteiger charge is 2.18. The number of benzene rings is 1. The molecule has 0 aliphatic rings. The van der Waals surface area contributed by atoms with Gasteiger partial charge >= 0.3 is 0 Å². The minimum Gasteiger partial charge on any atom is -0.412 e. The van der Waals surface area contributed by atoms with Crippen LogP contribution in [0.3, 0.4) is 0 Å². The second-order valence-electron chi connectivity index (χ2n) is 6.06. The first-order valence-electron chi connectivity index (χ1n) is 8.32. The number of anilines is 1. The zero-order chi connectivity index (χ0) is 19.0. The SMILES string of the molecule is CC(=O)N(C)c1cccc(-c2ccnc3c(C(=O)c4cccs4)cnn23)c1.O. The fourth-order valence-electron chi connectivity index (χ4n) is 2.87. The van der Waals surface area contributed by atoms with E-state index in [1.54, 1.807) is 34.9 Å². The van der Waals surface area contributed by atoms with Gasteiger partial charge in [-0.1, -0.05) is 18.2 Å². The van der Waals surface area contributed by atoms with Crippen LogP contribution in [0.1, 0.15) is 22.2 Å². The summed E-state index contributed by atoms with van der Waals surface area (Å²) in [7, 11) is 1.73. The monoisotopic (exact) mass is 394 g/mol. The lowest BCUT2D eigenvalue weighted by Gasteiger charge is -2.16. The van der Waals surface area contributed by atoms with Crippen LogP contribution in [0.2, 0.25) is 0 Å². The van der Waals surface area contributed by atoms with E-state index in [1.807, 2.05) is 41.8 Å². The summed E-state index contributed by atoms with van der Waals surface area (Å²) >= 11 is 1.39. The van der Waals surface area contributed by atoms with E-state index in [2.05, 4.69) is 10.1 Å². The maximum atomic E-state index is 12.7. The minimum atomic E-state index is -0.0882. The summed E-state index contributed by atoms with van der Waals surface area (Å²) in [5.41, 5.74) is 3.44. The standard InChI is InChI=1S/C20H16N4O2S.H2O/c1-13(25)23(2)15-6-3-5-14(11-15)17-8-9-21-20-16(12-22-24(17)20)19(26)18-7-4-10-27-18;/h3-12H,1-2H3;1H2. The number of carbonyl (C=O) groups excluding carboxylic acids is 2. The number of amides is 1. The highest BCUT2D eigenvalue weighted by Crippen LogP contribution is 2.26. The van der Waals surface area contributed by atoms with Gasteiger partial charge in [0.2, 0.25) is 11.7 Å². The number of nitrogens with zero attached hydrogens (tertiary/aromatic N) is 4. The van der Waals surface area contributed by atoms with Crippen molar-refractivity contribution in [3.63, 3.8) is 0 Å². The van der Waals surface area contributed by atoms with E-state index in [9.17, 15) is 9.59 Å². The summed E-state index contributed by atoms with van der Waals surface area (Å²) < 4.78 is 1.66. The van der Waals surface area contributed by atoms with E-state index in [0.29, 0.717) is 16.1 Å². The number of aromatic nitrogens is 3. The molecule has 0 bridgehead atoms. The lowest BCUT2D eigenvalue weighted by atomic mass is 10.1. The fourth-order valence-corrected chi connectivity index (χ4v) is 3.54. The average molecular weight is 394 g/mol. The van der Waals surface area contributed by atoms with E-state index in [1.165, 1.54) is 18.3 Å². The van der Waals surface area contributed by atoms with Crippen LogP contribution in [0.25, 0.3) is 16.9 Å². The van der Waals surface area contributed by atoms with E-state index in [4.69, 9.17) is 0 Å². The smallest absolute Gasteiger partial charge is 0.223 e. The molecule has 0 saturated heterocycles. The van der Waals surface area contributed by atoms with Crippen LogP contribution in [0, 0.1) is 0 Å². The third-order valence-electron chi connectivity index (χ3n) is 4.39. The molecule has 0 aliphatic carbocycles. The van der Waals surface area contributed by atoms with Crippen molar-refractivity contribution in [3.05, 3.63) is 70.7 Å². The normalized spacial score (nSPS) is 10.5. The second kappa shape index (κ2) is 7.71. The van der Waals surface area contributed by atoms with Gasteiger partial charge in [-0.05, 0) is 29.6 Å². The molecule has 2 N–H and O–H groups in total. The predicted octanol–water partition coefficient (Wildman–Crippen LogP) is 2.85. The maximum Gasteiger partial charge on any atom is 0.223 e. The summed E-state index contributed by atoms with van der Waals surface area (Å²) in [5.74, 6) is -0.135. The van der Waals surface area contributed by atoms with E-state index >= 15 is 0 Å². The van der Waals surface area contributed by atoms with Crippen LogP contribution in [-0.4, -0.2) is 38.8 Å². The van der Waals surface area contributed by atoms with Crippen molar-refractivity contribution >= 4 is 34.4 Å². The Morgan fingerprint density at radius 1 is 1.14 bits per heavy atom. The molecule has 0 unspecified atom stereocenters. The maximum absolute atomic E-state index is 12.7. The van der Waals surface area contributed by atoms with Crippen LogP contribution < -0.4 is 4.90 Å². The van der Waals surface area contributed by atoms with Crippen LogP contribution in [-0.2, 0) is 4.79 Å². The topological polar surface area (TPSA) is 99.1 Å². The molecule has 1 amide bonds. The molecule has 3 heterocycles. The third-order valence-corrected chi connectivity index (χ3v) is 5.26. The Hall–Kier alpha value is -3.36. The molecule has 0 atom stereocenters. The number of fused-ring (bicyclic) bond motifs is 1. The molecule has 3 aromatic heterocycles. The molecule has 0 fully saturated rings. The fraction of sp³-hybridized carbons (Fsp3) is 0.100. The average Bonchev–Trinajstić information content (AvgIpc) is 3.36. The first-order chi connectivity index (χ1) is 13.1. The number of hydrogen-bond acceptors (Lipinski definition) is 5. The molecule has 7 nitrogen and oxygen atoms in total. The second-order valence-corrected chi connectivity index (χ2v) is 7.01. The van der Waals surface area contributed by atoms with Gasteiger partial charge in [-0.3, -0.25) is 9.59 Å². The molecular weight excluding hydrogens is 376 g/mol. The highest BCUT2D eigenvalue weighted by molar-refractivity contribution is 7.12. The Kier molecular flexibility index (Phi) is 5.34. The van der Waals surface area contributed by atoms with Gasteiger partial charge in [0.15, 0.2) is 5.65 Å². The van der Waals surface area contributed by atoms with Gasteiger partial charge in [0.1, 0.15) is 0 Å². The van der Waals surface area contributed by atoms with Gasteiger partial charge in [0, 0.05) is 31.4 Å². The van der Waals surface area contributed by atoms with Crippen LogP contribution in [0.15, 0.2) is 60.2 Å². The van der Waals surface area contributed by atoms with Crippen molar-refractivity contribution in [1.29, 1.82) is 0 Å². The summed E-state index contributed by atoms with van der Waals surface area (Å²) in [6.07, 6.45) is 3.22. The molecule has 0 radical (unpaired) electrons. The molecule has 0 saturated carbocycles. The van der Waals surface area contributed by atoms with E-state index in [0.717, 1.165) is 16.9 Å². The largest absolute Gasteiger partial charge is 0.412 e. The number of rotatable bonds is 4. The van der Waals surface area contributed by atoms with Crippen molar-refractivity contribution in [3.8, 4) is 11.3 Å². The molecule has 0 aliphatic heterocycles. The van der Waals surface area contributed by atoms with Crippen molar-refractivity contribution < 1.29 is 15.1 Å². The summed E-state index contributed by atoms with van der Waals surface area (Å²) in [6.45, 7) is 1.52. The number of thiophene rings is 1. The minimum absolute atomic E-state index is 0. The zero-order valence-corrected chi connectivity index (χ0v) is 16.1. The molecule has 4 rings (SSSR count). The molecule has 8 heteroatoms. The number of carbonyl (C=O) groups is 2. The number of ketones is 1. The molecule has 1 aromatic carbocycles. The number of hydrogen-bond donors (Lipinski definition) is 0. The summed E-state index contributed by atoms with van der Waals surface area (Å²) in [6, 6.07) is 13.1. The lowest BCUT2D eigenvalue weighted by Crippen LogP contribution is -2.22. The van der Waals surface area contributed by atoms with Gasteiger partial charge in [0.25, 0.3) is 0 Å². The molecule has 0 spiro atoms. The summed E-state index contributed by atoms with van der Waals surface area (Å²) in [4.78, 5) is 31.0. The Balaban J connectivity index is 0.00000225. The Morgan fingerprint density at radius 3 is 2.68 bits per heavy atom. The molecule has 142 valence electrons. The van der Waals surface area contributed by atoms with Crippen molar-refractivity contribution in [2.75, 3.05) is 11.9 Å². The highest BCUT2D eigenvalue weighted by atomic mass is 32.1. The Labute approximate surface area is 165 Å². The van der Waals surface area contributed by atoms with Gasteiger partial charge in [0.05, 0.1) is 22.3 Å². The molecular formula is C20H18N4O3S. The Bertz CT molecular complexity index is 1150. The van der Waals surface area contributed by atoms with Crippen molar-refractivity contribution in [1.82, 2.24) is 14.6 Å². The quantitative estimate of drug-likeness (QED) is 0.497. The van der Waals surface area contributed by atoms with Crippen molar-refractivity contribution in [2.24, 2.45) is 0 Å². The summed E-state index contributed by atoms with van der Waals surface area (Å²) in [5, 5.41) is 6.26. The van der Waals surface area contributed by atoms with Gasteiger partial charge in [-0.25, -0.2) is 9.50 Å². The predicted molar refractivity (Wildman–Crippen MR) is 109 cm³/mol. The van der Waals surface area contributed by atoms with Gasteiger partial charge in [-0.2, -0.15) is 5.10 Å². The van der Waals surface area contributed by atoms with Gasteiger partial charge in [-0.15, -0.1) is 11.3 Å². The lowest BCUT2D eigenvalue weighted by molar-refractivity contribution is -0.116. The van der Waals surface area contributed by atoms with Crippen LogP contribution >= 0.6 is 11.3 Å². The first kappa shape index (κ1) is 19.4. The zero-order valence-electron chi connectivity index (χ0n) is 15.3. The van der Waals surface area contributed by atoms with Crippen molar-refractivity contribution in [2.45, 2.75) is 6.92 Å². The molecule has 4 aromatic rings. The van der Waals surface area contributed by atoms with E-state index in [-0.39, 0.29) is 17.2 Å². The Morgan fingerprint density at radius 2 is 1.96 bits per heavy atom. The van der Waals surface area contributed by atoms with Crippen LogP contribution in [0.5, 0.6) is 0 Å². The van der Waals surface area contributed by atoms with Gasteiger partial charge < -0.3 is 10.4 Å². The first-order valence-corrected chi connectivity index (χ1v) is 9.20. The van der Waals surface area contributed by atoms with E-state index < -0.39 is 0 Å². The molecule has 28 heavy (non-hydrogen) atoms. The third kappa shape index (κ3) is 3.30. The van der Waals surface area contributed by atoms with Crippen LogP contribution in [0.4, 0.5) is 5.69 Å².